The topological polar surface area (TPSA) is 392 Å². The van der Waals surface area contributed by atoms with E-state index < -0.39 is 64.8 Å². The van der Waals surface area contributed by atoms with Crippen molar-refractivity contribution < 1.29 is 102 Å². The average Bonchev–Trinajstić information content (AvgIpc) is 1.68. The van der Waals surface area contributed by atoms with Crippen molar-refractivity contribution in [2.24, 2.45) is 22.2 Å². The van der Waals surface area contributed by atoms with Gasteiger partial charge in [0.15, 0.2) is 0 Å². The lowest BCUT2D eigenvalue weighted by atomic mass is 9.76. The lowest BCUT2D eigenvalue weighted by molar-refractivity contribution is -0.143. The summed E-state index contributed by atoms with van der Waals surface area (Å²) in [4.78, 5) is 153. The SMILES string of the molecule is CCC[C@H](NCC(=O)[C@H](CCC(=O)O)CC(=O)C(C)(C)C(=O)CCCC1=CN=CC1)C(=O)CC[C@@H](CCCCNC(=O)COCCOCCNC(=O)COCCOCCCC(=O)CC[C@H](NC(=O)CCCCCCCCCOc1ccc(C(=O)O)cc1)C(=O)O)C(=O)O. The number of rotatable bonds is 61. The van der Waals surface area contributed by atoms with Gasteiger partial charge in [0.2, 0.25) is 17.7 Å². The Morgan fingerprint density at radius 1 is 0.538 bits per heavy atom. The van der Waals surface area contributed by atoms with Crippen molar-refractivity contribution in [2.45, 2.75) is 200 Å². The minimum absolute atomic E-state index is 0.00520. The maximum Gasteiger partial charge on any atom is 0.335 e. The third-order valence-corrected chi connectivity index (χ3v) is 15.8. The van der Waals surface area contributed by atoms with Crippen LogP contribution in [0.1, 0.15) is 198 Å². The molecule has 1 heterocycles. The summed E-state index contributed by atoms with van der Waals surface area (Å²) in [6.07, 6.45) is 14.0. The molecule has 4 atom stereocenters. The molecule has 0 unspecified atom stereocenters. The Hall–Kier alpha value is -7.13. The van der Waals surface area contributed by atoms with Gasteiger partial charge in [0.25, 0.3) is 0 Å². The van der Waals surface area contributed by atoms with Crippen molar-refractivity contribution >= 4 is 76.7 Å². The summed E-state index contributed by atoms with van der Waals surface area (Å²) in [7, 11) is 0. The summed E-state index contributed by atoms with van der Waals surface area (Å²) in [5.41, 5.74) is -0.0758. The predicted molar refractivity (Wildman–Crippen MR) is 343 cm³/mol. The molecule has 8 N–H and O–H groups in total. The number of nitrogens with zero attached hydrogens (tertiary/aromatic N) is 1. The summed E-state index contributed by atoms with van der Waals surface area (Å²) in [5.74, 6) is -8.31. The van der Waals surface area contributed by atoms with Gasteiger partial charge in [-0.05, 0) is 114 Å². The molecule has 0 spiro atoms. The molecule has 522 valence electrons. The number of amides is 3. The Labute approximate surface area is 546 Å². The molecule has 26 nitrogen and oxygen atoms in total. The van der Waals surface area contributed by atoms with Crippen LogP contribution in [0, 0.1) is 17.3 Å². The van der Waals surface area contributed by atoms with Crippen LogP contribution in [-0.4, -0.2) is 188 Å². The summed E-state index contributed by atoms with van der Waals surface area (Å²) in [6.45, 7) is 6.19. The highest BCUT2D eigenvalue weighted by atomic mass is 16.5. The van der Waals surface area contributed by atoms with Crippen LogP contribution in [0.25, 0.3) is 0 Å². The smallest absolute Gasteiger partial charge is 0.335 e. The van der Waals surface area contributed by atoms with Crippen LogP contribution in [0.2, 0.25) is 0 Å². The molecule has 2 rings (SSSR count). The number of aliphatic imine (C=N–C) groups is 1. The van der Waals surface area contributed by atoms with Gasteiger partial charge >= 0.3 is 23.9 Å². The third kappa shape index (κ3) is 39.2. The molecule has 1 aliphatic heterocycles. The first-order valence-corrected chi connectivity index (χ1v) is 32.9. The molecule has 0 bridgehead atoms. The number of carboxylic acid groups (broad SMARTS) is 4. The van der Waals surface area contributed by atoms with E-state index >= 15 is 0 Å². The van der Waals surface area contributed by atoms with E-state index in [1.54, 1.807) is 24.5 Å². The lowest BCUT2D eigenvalue weighted by Crippen LogP contribution is -2.42. The monoisotopic (exact) mass is 1310 g/mol. The van der Waals surface area contributed by atoms with Crippen LogP contribution in [0.5, 0.6) is 5.75 Å². The van der Waals surface area contributed by atoms with E-state index in [0.717, 1.165) is 50.5 Å². The summed E-state index contributed by atoms with van der Waals surface area (Å²) in [5, 5.41) is 48.7. The standard InChI is InChI=1S/C67H103N5O21/c1-4-16-54(71-45-57(75)51(25-31-63(81)82)43-59(77)67(2,3)58(76)20-14-17-48-32-34-68-44-48)56(74)30-24-49(64(83)84)18-11-12-33-69-61(79)46-92-42-40-90-38-35-70-62(80)47-91-41-39-89-36-15-19-52(73)26-29-55(66(87)88)72-60(78)21-10-8-6-5-7-9-13-37-93-53-27-22-50(23-28-53)65(85)86/h22-23,27-28,34,44,49,51,54-55,71H,4-21,24-26,29-33,35-43,45-47H2,1-3H3,(H,69,79)(H,70,80)(H,72,78)(H,81,82)(H,83,84)(H,85,86)(H,87,88)/t49-,51-,54+,55+/m1/s1. The largest absolute Gasteiger partial charge is 0.494 e. The Balaban J connectivity index is 1.48. The highest BCUT2D eigenvalue weighted by Crippen LogP contribution is 2.28. The van der Waals surface area contributed by atoms with Gasteiger partial charge in [-0.25, -0.2) is 9.59 Å². The van der Waals surface area contributed by atoms with E-state index in [4.69, 9.17) is 28.8 Å². The summed E-state index contributed by atoms with van der Waals surface area (Å²) < 4.78 is 27.2. The van der Waals surface area contributed by atoms with Crippen molar-refractivity contribution in [3.05, 3.63) is 41.6 Å². The second kappa shape index (κ2) is 49.5. The third-order valence-electron chi connectivity index (χ3n) is 15.8. The van der Waals surface area contributed by atoms with E-state index in [1.807, 2.05) is 6.92 Å². The molecular formula is C67H103N5O21. The average molecular weight is 1310 g/mol. The number of carbonyl (C=O) groups is 12. The first-order chi connectivity index (χ1) is 44.5. The number of allylic oxidation sites excluding steroid dienone is 1. The van der Waals surface area contributed by atoms with Gasteiger partial charge in [-0.3, -0.25) is 52.9 Å². The van der Waals surface area contributed by atoms with Crippen LogP contribution in [0.4, 0.5) is 0 Å². The van der Waals surface area contributed by atoms with Gasteiger partial charge in [0.1, 0.15) is 53.9 Å². The number of aliphatic carboxylic acids is 3. The number of aromatic carboxylic acids is 1. The Morgan fingerprint density at radius 2 is 1.17 bits per heavy atom. The molecule has 0 fully saturated rings. The number of Topliss-reactive ketones (excluding diaryl/α,β-unsaturated/α-hetero) is 5. The minimum atomic E-state index is -1.38. The highest BCUT2D eigenvalue weighted by Gasteiger charge is 2.37. The molecule has 0 saturated heterocycles. The molecule has 3 amide bonds. The number of hydrogen-bond acceptors (Lipinski definition) is 19. The number of carbonyl (C=O) groups excluding carboxylic acids is 8. The maximum absolute atomic E-state index is 13.5. The molecule has 93 heavy (non-hydrogen) atoms. The molecule has 0 aromatic heterocycles. The molecule has 0 saturated carbocycles. The Morgan fingerprint density at radius 3 is 1.80 bits per heavy atom. The number of benzene rings is 1. The lowest BCUT2D eigenvalue weighted by Gasteiger charge is -2.25. The predicted octanol–water partition coefficient (Wildman–Crippen LogP) is 6.99. The normalized spacial score (nSPS) is 13.3. The minimum Gasteiger partial charge on any atom is -0.494 e. The Kier molecular flexibility index (Phi) is 43.6. The van der Waals surface area contributed by atoms with Gasteiger partial charge in [-0.2, -0.15) is 0 Å². The van der Waals surface area contributed by atoms with Gasteiger partial charge in [0, 0.05) is 89.4 Å². The zero-order valence-electron chi connectivity index (χ0n) is 54.8. The molecule has 0 radical (unpaired) electrons. The number of carboxylic acids is 4. The van der Waals surface area contributed by atoms with E-state index in [2.05, 4.69) is 26.3 Å². The van der Waals surface area contributed by atoms with Gasteiger partial charge < -0.3 is 65.4 Å². The zero-order chi connectivity index (χ0) is 68.7. The van der Waals surface area contributed by atoms with E-state index in [0.29, 0.717) is 63.7 Å². The van der Waals surface area contributed by atoms with Crippen LogP contribution in [0.15, 0.2) is 41.0 Å². The van der Waals surface area contributed by atoms with Crippen LogP contribution in [-0.2, 0) is 71.7 Å². The van der Waals surface area contributed by atoms with Crippen molar-refractivity contribution in [3.8, 4) is 5.75 Å². The van der Waals surface area contributed by atoms with E-state index in [1.165, 1.54) is 26.0 Å². The molecule has 0 aliphatic carbocycles. The second-order valence-corrected chi connectivity index (χ2v) is 23.8. The van der Waals surface area contributed by atoms with Gasteiger partial charge in [0.05, 0.1) is 69.1 Å². The number of hydrogen-bond donors (Lipinski definition) is 8. The number of ketones is 5. The molecule has 26 heteroatoms. The number of unbranched alkanes of at least 4 members (excludes halogenated alkanes) is 7. The van der Waals surface area contributed by atoms with E-state index in [-0.39, 0.29) is 184 Å². The number of ether oxygens (including phenoxy) is 5. The molecular weight excluding hydrogens is 1210 g/mol. The Bertz CT molecular complexity index is 2550. The molecule has 1 aliphatic rings. The molecule has 1 aromatic carbocycles. The van der Waals surface area contributed by atoms with Crippen molar-refractivity contribution in [1.82, 2.24) is 21.3 Å². The van der Waals surface area contributed by atoms with Crippen molar-refractivity contribution in [1.29, 1.82) is 0 Å². The molecule has 1 aromatic rings. The van der Waals surface area contributed by atoms with Crippen molar-refractivity contribution in [2.75, 3.05) is 79.1 Å². The van der Waals surface area contributed by atoms with Crippen LogP contribution < -0.4 is 26.0 Å². The van der Waals surface area contributed by atoms with Crippen LogP contribution >= 0.6 is 0 Å². The van der Waals surface area contributed by atoms with Gasteiger partial charge in [-0.1, -0.05) is 51.9 Å². The maximum atomic E-state index is 13.5. The summed E-state index contributed by atoms with van der Waals surface area (Å²) >= 11 is 0. The number of nitrogens with one attached hydrogen (secondary N) is 4. The highest BCUT2D eigenvalue weighted by molar-refractivity contribution is 6.07. The first-order valence-electron chi connectivity index (χ1n) is 32.9. The fraction of sp³-hybridized carbons (Fsp3) is 0.687. The fourth-order valence-corrected chi connectivity index (χ4v) is 9.92. The van der Waals surface area contributed by atoms with Crippen LogP contribution in [0.3, 0.4) is 0 Å². The second-order valence-electron chi connectivity index (χ2n) is 23.8. The summed E-state index contributed by atoms with van der Waals surface area (Å²) in [6, 6.07) is 4.34. The fourth-order valence-electron chi connectivity index (χ4n) is 9.92. The first kappa shape index (κ1) is 82.0. The van der Waals surface area contributed by atoms with Gasteiger partial charge in [-0.15, -0.1) is 0 Å². The van der Waals surface area contributed by atoms with E-state index in [9.17, 15) is 72.9 Å². The quantitative estimate of drug-likeness (QED) is 0.0240. The van der Waals surface area contributed by atoms with Crippen molar-refractivity contribution in [3.63, 3.8) is 0 Å². The zero-order valence-corrected chi connectivity index (χ0v) is 54.8.